The van der Waals surface area contributed by atoms with Crippen LogP contribution in [0, 0.1) is 5.41 Å². The molecule has 0 atom stereocenters. The molecule has 3 amide bonds. The number of nitrogens with one attached hydrogen (secondary N) is 3. The van der Waals surface area contributed by atoms with Crippen LogP contribution in [0.15, 0.2) is 88.0 Å². The van der Waals surface area contributed by atoms with E-state index in [1.165, 1.54) is 29.0 Å². The summed E-state index contributed by atoms with van der Waals surface area (Å²) >= 11 is 0. The molecule has 0 heterocycles. The van der Waals surface area contributed by atoms with E-state index in [2.05, 4.69) is 21.0 Å². The van der Waals surface area contributed by atoms with E-state index in [1.54, 1.807) is 12.1 Å². The van der Waals surface area contributed by atoms with Gasteiger partial charge in [0, 0.05) is 16.9 Å². The second-order valence-electron chi connectivity index (χ2n) is 10.1. The highest BCUT2D eigenvalue weighted by atomic mass is 32.2. The van der Waals surface area contributed by atoms with Crippen LogP contribution < -0.4 is 21.4 Å². The Balaban J connectivity index is 1.56. The van der Waals surface area contributed by atoms with Crippen LogP contribution in [0.3, 0.4) is 0 Å². The molecule has 44 heavy (non-hydrogen) atoms. The Bertz CT molecular complexity index is 1620. The molecule has 0 aromatic heterocycles. The minimum absolute atomic E-state index is 0.0499. The molecule has 0 bridgehead atoms. The number of halogens is 3. The van der Waals surface area contributed by atoms with Crippen LogP contribution in [0.2, 0.25) is 0 Å². The van der Waals surface area contributed by atoms with Crippen molar-refractivity contribution in [2.45, 2.75) is 55.0 Å². The maximum absolute atomic E-state index is 13.5. The van der Waals surface area contributed by atoms with E-state index in [4.69, 9.17) is 11.3 Å². The number of nitrogens with two attached hydrogens (primary N) is 1. The Kier molecular flexibility index (Phi) is 9.98. The number of rotatable bonds is 7. The van der Waals surface area contributed by atoms with Gasteiger partial charge in [0.1, 0.15) is 0 Å². The number of carbonyl (C=O) groups excluding carboxylic acids is 2. The molecule has 11 nitrogen and oxygen atoms in total. The van der Waals surface area contributed by atoms with Crippen LogP contribution in [-0.4, -0.2) is 31.8 Å². The van der Waals surface area contributed by atoms with Crippen LogP contribution in [0.25, 0.3) is 0 Å². The van der Waals surface area contributed by atoms with Crippen molar-refractivity contribution in [1.82, 2.24) is 5.32 Å². The maximum Gasteiger partial charge on any atom is 0.501 e. The molecular formula is C29H30F3N7O4S. The van der Waals surface area contributed by atoms with Gasteiger partial charge in [0.25, 0.3) is 15.7 Å². The van der Waals surface area contributed by atoms with Crippen molar-refractivity contribution in [2.75, 3.05) is 10.2 Å². The number of alkyl halides is 3. The van der Waals surface area contributed by atoms with Crippen LogP contribution in [0.4, 0.5) is 29.3 Å². The van der Waals surface area contributed by atoms with E-state index in [-0.39, 0.29) is 17.8 Å². The first-order chi connectivity index (χ1) is 20.9. The van der Waals surface area contributed by atoms with Crippen molar-refractivity contribution in [1.29, 1.82) is 5.41 Å². The van der Waals surface area contributed by atoms with E-state index in [0.717, 1.165) is 49.9 Å². The summed E-state index contributed by atoms with van der Waals surface area (Å²) < 4.78 is 62.2. The number of benzene rings is 3. The van der Waals surface area contributed by atoms with Gasteiger partial charge in [-0.05, 0) is 78.4 Å². The monoisotopic (exact) mass is 629 g/mol. The fraction of sp³-hybridized carbons (Fsp3) is 0.276. The molecule has 1 saturated carbocycles. The normalized spacial score (nSPS) is 14.2. The highest BCUT2D eigenvalue weighted by molar-refractivity contribution is 7.92. The van der Waals surface area contributed by atoms with Gasteiger partial charge in [0.05, 0.1) is 11.4 Å². The number of carbonyl (C=O) groups is 2. The number of sulfone groups is 1. The van der Waals surface area contributed by atoms with Gasteiger partial charge in [-0.25, -0.2) is 13.2 Å². The molecule has 1 fully saturated rings. The van der Waals surface area contributed by atoms with Gasteiger partial charge in [0.15, 0.2) is 0 Å². The fourth-order valence-corrected chi connectivity index (χ4v) is 5.65. The molecule has 1 aliphatic rings. The van der Waals surface area contributed by atoms with E-state index >= 15 is 0 Å². The molecule has 4 rings (SSSR count). The molecule has 0 unspecified atom stereocenters. The Morgan fingerprint density at radius 1 is 0.932 bits per heavy atom. The Hall–Kier alpha value is -4.79. The van der Waals surface area contributed by atoms with Crippen LogP contribution in [-0.2, 0) is 16.4 Å². The summed E-state index contributed by atoms with van der Waals surface area (Å²) in [4.78, 5) is 26.3. The summed E-state index contributed by atoms with van der Waals surface area (Å²) in [7, 11) is -5.53. The zero-order valence-electron chi connectivity index (χ0n) is 23.3. The summed E-state index contributed by atoms with van der Waals surface area (Å²) in [5.41, 5.74) is -2.80. The number of amides is 3. The SMILES string of the molecule is N=C(/N=N\N)NC(=O)c1ccc(CN(C(=O)Nc2ccc(S(=O)(=O)C(F)(F)F)cc2)c2ccc(C3CCCCC3)cc2)cc1. The number of hydrogen-bond acceptors (Lipinski definition) is 6. The van der Waals surface area contributed by atoms with Crippen molar-refractivity contribution in [3.63, 3.8) is 0 Å². The summed E-state index contributed by atoms with van der Waals surface area (Å²) in [6, 6.07) is 16.9. The first-order valence-corrected chi connectivity index (χ1v) is 15.1. The zero-order valence-corrected chi connectivity index (χ0v) is 24.2. The van der Waals surface area contributed by atoms with Gasteiger partial charge < -0.3 is 11.2 Å². The Morgan fingerprint density at radius 3 is 2.11 bits per heavy atom. The Labute approximate surface area is 251 Å². The van der Waals surface area contributed by atoms with Crippen molar-refractivity contribution in [2.24, 2.45) is 16.2 Å². The second-order valence-corrected chi connectivity index (χ2v) is 12.1. The summed E-state index contributed by atoms with van der Waals surface area (Å²) in [5.74, 6) is 4.17. The molecular weight excluding hydrogens is 599 g/mol. The van der Waals surface area contributed by atoms with E-state index in [1.807, 2.05) is 24.3 Å². The number of anilines is 2. The average molecular weight is 630 g/mol. The van der Waals surface area contributed by atoms with Gasteiger partial charge >= 0.3 is 11.5 Å². The Morgan fingerprint density at radius 2 is 1.55 bits per heavy atom. The molecule has 0 saturated heterocycles. The predicted octanol–water partition coefficient (Wildman–Crippen LogP) is 6.26. The topological polar surface area (TPSA) is 170 Å². The number of nitrogens with zero attached hydrogens (tertiary/aromatic N) is 3. The number of guanidine groups is 1. The summed E-state index contributed by atoms with van der Waals surface area (Å²) in [6.45, 7) is 0.0499. The number of urea groups is 1. The lowest BCUT2D eigenvalue weighted by molar-refractivity contribution is -0.0436. The van der Waals surface area contributed by atoms with E-state index < -0.39 is 38.1 Å². The minimum Gasteiger partial charge on any atom is -0.308 e. The molecule has 3 aromatic carbocycles. The lowest BCUT2D eigenvalue weighted by atomic mass is 9.84. The van der Waals surface area contributed by atoms with Crippen LogP contribution in [0.1, 0.15) is 59.5 Å². The van der Waals surface area contributed by atoms with Crippen LogP contribution >= 0.6 is 0 Å². The molecule has 15 heteroatoms. The molecule has 0 radical (unpaired) electrons. The highest BCUT2D eigenvalue weighted by Gasteiger charge is 2.46. The third-order valence-corrected chi connectivity index (χ3v) is 8.70. The third-order valence-electron chi connectivity index (χ3n) is 7.19. The third kappa shape index (κ3) is 7.78. The molecule has 3 aromatic rings. The molecule has 232 valence electrons. The van der Waals surface area contributed by atoms with Crippen molar-refractivity contribution >= 4 is 39.1 Å². The van der Waals surface area contributed by atoms with Gasteiger partial charge in [-0.2, -0.15) is 13.2 Å². The van der Waals surface area contributed by atoms with Gasteiger partial charge in [-0.15, -0.1) is 0 Å². The average Bonchev–Trinajstić information content (AvgIpc) is 3.00. The first-order valence-electron chi connectivity index (χ1n) is 13.6. The lowest BCUT2D eigenvalue weighted by Gasteiger charge is -2.26. The number of hydrogen-bond donors (Lipinski definition) is 4. The smallest absolute Gasteiger partial charge is 0.308 e. The summed E-state index contributed by atoms with van der Waals surface area (Å²) in [5, 5.41) is 18.5. The first kappa shape index (κ1) is 32.1. The quantitative estimate of drug-likeness (QED) is 0.0794. The maximum atomic E-state index is 13.5. The molecule has 0 spiro atoms. The van der Waals surface area contributed by atoms with E-state index in [9.17, 15) is 31.2 Å². The minimum atomic E-state index is -5.53. The van der Waals surface area contributed by atoms with Crippen molar-refractivity contribution in [3.8, 4) is 0 Å². The predicted molar refractivity (Wildman–Crippen MR) is 158 cm³/mol. The van der Waals surface area contributed by atoms with Crippen LogP contribution in [0.5, 0.6) is 0 Å². The largest absolute Gasteiger partial charge is 0.501 e. The summed E-state index contributed by atoms with van der Waals surface area (Å²) in [6.07, 6.45) is 5.73. The van der Waals surface area contributed by atoms with Gasteiger partial charge in [-0.1, -0.05) is 53.9 Å². The molecule has 1 aliphatic carbocycles. The fourth-order valence-electron chi connectivity index (χ4n) is 4.89. The standard InChI is InChI=1S/C29H30F3N7O4S/c30-29(31,32)44(42,43)25-16-12-23(13-17-25)35-28(41)39(24-14-10-21(11-15-24)20-4-2-1-3-5-20)18-19-6-8-22(9-7-19)26(40)36-27(33)37-38-34/h6-17,20H,1-5,18H2,(H,35,41)(H4,33,34,36,37,40). The van der Waals surface area contributed by atoms with Crippen molar-refractivity contribution < 1.29 is 31.2 Å². The van der Waals surface area contributed by atoms with Gasteiger partial charge in [-0.3, -0.25) is 20.4 Å². The van der Waals surface area contributed by atoms with Crippen molar-refractivity contribution in [3.05, 3.63) is 89.5 Å². The van der Waals surface area contributed by atoms with E-state index in [0.29, 0.717) is 17.2 Å². The van der Waals surface area contributed by atoms with Gasteiger partial charge in [0.2, 0.25) is 5.96 Å². The molecule has 5 N–H and O–H groups in total. The highest BCUT2D eigenvalue weighted by Crippen LogP contribution is 2.34. The molecule has 0 aliphatic heterocycles. The second kappa shape index (κ2) is 13.7. The zero-order chi connectivity index (χ0) is 31.9. The lowest BCUT2D eigenvalue weighted by Crippen LogP contribution is -2.34.